The molecule has 0 spiro atoms. The molecule has 0 bridgehead atoms. The van der Waals surface area contributed by atoms with Crippen LogP contribution in [0.3, 0.4) is 0 Å². The first-order valence-corrected chi connectivity index (χ1v) is 8.29. The number of nitrogens with zero attached hydrogens (tertiary/aromatic N) is 1. The molecule has 1 aliphatic carbocycles. The monoisotopic (exact) mass is 329 g/mol. The van der Waals surface area contributed by atoms with Gasteiger partial charge in [-0.3, -0.25) is 0 Å². The summed E-state index contributed by atoms with van der Waals surface area (Å²) in [5.41, 5.74) is 1.53. The maximum atomic E-state index is 12.3. The number of amides is 2. The van der Waals surface area contributed by atoms with Gasteiger partial charge in [-0.05, 0) is 38.0 Å². The minimum Gasteiger partial charge on any atom is -0.441 e. The van der Waals surface area contributed by atoms with Crippen LogP contribution in [0.1, 0.15) is 31.4 Å². The van der Waals surface area contributed by atoms with Crippen molar-refractivity contribution in [3.05, 3.63) is 36.2 Å². The van der Waals surface area contributed by atoms with Gasteiger partial charge in [-0.25, -0.2) is 9.78 Å². The van der Waals surface area contributed by atoms with Crippen LogP contribution in [-0.4, -0.2) is 30.3 Å². The predicted octanol–water partition coefficient (Wildman–Crippen LogP) is 3.73. The van der Waals surface area contributed by atoms with Crippen LogP contribution >= 0.6 is 0 Å². The highest BCUT2D eigenvalue weighted by molar-refractivity contribution is 5.90. The van der Waals surface area contributed by atoms with Crippen molar-refractivity contribution in [1.29, 1.82) is 0 Å². The molecule has 24 heavy (non-hydrogen) atoms. The van der Waals surface area contributed by atoms with Crippen molar-refractivity contribution in [3.63, 3.8) is 0 Å². The summed E-state index contributed by atoms with van der Waals surface area (Å²) in [5.74, 6) is 1.30. The van der Waals surface area contributed by atoms with E-state index in [1.165, 1.54) is 0 Å². The second kappa shape index (κ2) is 7.49. The third-order valence-electron chi connectivity index (χ3n) is 4.31. The van der Waals surface area contributed by atoms with E-state index in [0.717, 1.165) is 37.0 Å². The van der Waals surface area contributed by atoms with Gasteiger partial charge < -0.3 is 19.8 Å². The van der Waals surface area contributed by atoms with E-state index in [4.69, 9.17) is 9.15 Å². The zero-order valence-corrected chi connectivity index (χ0v) is 14.0. The third-order valence-corrected chi connectivity index (χ3v) is 4.31. The van der Waals surface area contributed by atoms with E-state index in [2.05, 4.69) is 15.6 Å². The Balaban J connectivity index is 1.64. The van der Waals surface area contributed by atoms with E-state index in [1.54, 1.807) is 13.3 Å². The van der Waals surface area contributed by atoms with Crippen LogP contribution in [0, 0.1) is 6.92 Å². The molecule has 1 aromatic heterocycles. The molecule has 0 unspecified atom stereocenters. The molecule has 1 saturated carbocycles. The maximum Gasteiger partial charge on any atom is 0.319 e. The first kappa shape index (κ1) is 16.5. The Hall–Kier alpha value is -2.34. The molecule has 2 atom stereocenters. The lowest BCUT2D eigenvalue weighted by molar-refractivity contribution is 0.0459. The van der Waals surface area contributed by atoms with E-state index in [-0.39, 0.29) is 18.2 Å². The fourth-order valence-corrected chi connectivity index (χ4v) is 3.10. The van der Waals surface area contributed by atoms with Crippen LogP contribution in [0.5, 0.6) is 0 Å². The van der Waals surface area contributed by atoms with Gasteiger partial charge in [0.25, 0.3) is 0 Å². The standard InChI is InChI=1S/C18H23N3O3/c1-12-11-19-17(24-12)13-6-5-7-14(10-13)20-18(22)21-15-8-3-4-9-16(15)23-2/h5-7,10-11,15-16H,3-4,8-9H2,1-2H3,(H2,20,21,22)/t15-,16+/m0/s1. The zero-order valence-electron chi connectivity index (χ0n) is 14.0. The fraction of sp³-hybridized carbons (Fsp3) is 0.444. The smallest absolute Gasteiger partial charge is 0.319 e. The number of oxazole rings is 1. The molecule has 2 aromatic rings. The number of urea groups is 1. The number of benzene rings is 1. The topological polar surface area (TPSA) is 76.4 Å². The number of anilines is 1. The highest BCUT2D eigenvalue weighted by Gasteiger charge is 2.26. The summed E-state index contributed by atoms with van der Waals surface area (Å²) in [6, 6.07) is 7.29. The number of carbonyl (C=O) groups excluding carboxylic acids is 1. The van der Waals surface area contributed by atoms with Crippen molar-refractivity contribution in [2.75, 3.05) is 12.4 Å². The Morgan fingerprint density at radius 3 is 2.92 bits per heavy atom. The molecule has 3 rings (SSSR count). The molecule has 6 heteroatoms. The number of hydrogen-bond acceptors (Lipinski definition) is 4. The number of rotatable bonds is 4. The van der Waals surface area contributed by atoms with Crippen LogP contribution in [0.4, 0.5) is 10.5 Å². The van der Waals surface area contributed by atoms with E-state index in [9.17, 15) is 4.79 Å². The van der Waals surface area contributed by atoms with E-state index >= 15 is 0 Å². The Kier molecular flexibility index (Phi) is 5.15. The Morgan fingerprint density at radius 1 is 1.33 bits per heavy atom. The van der Waals surface area contributed by atoms with Crippen LogP contribution in [0.2, 0.25) is 0 Å². The molecule has 2 N–H and O–H groups in total. The van der Waals surface area contributed by atoms with Crippen LogP contribution in [0.15, 0.2) is 34.9 Å². The number of aromatic nitrogens is 1. The average molecular weight is 329 g/mol. The fourth-order valence-electron chi connectivity index (χ4n) is 3.10. The Bertz CT molecular complexity index is 698. The molecule has 2 amide bonds. The number of methoxy groups -OCH3 is 1. The van der Waals surface area contributed by atoms with Crippen molar-refractivity contribution in [1.82, 2.24) is 10.3 Å². The summed E-state index contributed by atoms with van der Waals surface area (Å²) < 4.78 is 11.0. The molecule has 0 aliphatic heterocycles. The normalized spacial score (nSPS) is 20.6. The first-order chi connectivity index (χ1) is 11.7. The molecule has 1 fully saturated rings. The summed E-state index contributed by atoms with van der Waals surface area (Å²) in [5, 5.41) is 5.89. The molecule has 0 radical (unpaired) electrons. The summed E-state index contributed by atoms with van der Waals surface area (Å²) in [6.07, 6.45) is 5.96. The molecule has 1 heterocycles. The van der Waals surface area contributed by atoms with E-state index in [0.29, 0.717) is 11.6 Å². The van der Waals surface area contributed by atoms with Gasteiger partial charge in [-0.15, -0.1) is 0 Å². The van der Waals surface area contributed by atoms with Crippen LogP contribution in [0.25, 0.3) is 11.5 Å². The summed E-state index contributed by atoms with van der Waals surface area (Å²) in [6.45, 7) is 1.85. The maximum absolute atomic E-state index is 12.3. The van der Waals surface area contributed by atoms with Gasteiger partial charge in [-0.2, -0.15) is 0 Å². The van der Waals surface area contributed by atoms with Gasteiger partial charge in [0.15, 0.2) is 0 Å². The van der Waals surface area contributed by atoms with Crippen LogP contribution < -0.4 is 10.6 Å². The first-order valence-electron chi connectivity index (χ1n) is 8.29. The van der Waals surface area contributed by atoms with Gasteiger partial charge in [0.1, 0.15) is 5.76 Å². The van der Waals surface area contributed by atoms with Crippen LogP contribution in [-0.2, 0) is 4.74 Å². The lowest BCUT2D eigenvalue weighted by atomic mass is 9.92. The third kappa shape index (κ3) is 3.94. The lowest BCUT2D eigenvalue weighted by Gasteiger charge is -2.31. The van der Waals surface area contributed by atoms with Crippen molar-refractivity contribution in [2.45, 2.75) is 44.8 Å². The molecule has 6 nitrogen and oxygen atoms in total. The largest absolute Gasteiger partial charge is 0.441 e. The Morgan fingerprint density at radius 2 is 2.17 bits per heavy atom. The van der Waals surface area contributed by atoms with Crippen molar-refractivity contribution in [2.24, 2.45) is 0 Å². The van der Waals surface area contributed by atoms with E-state index < -0.39 is 0 Å². The molecular formula is C18H23N3O3. The molecule has 128 valence electrons. The average Bonchev–Trinajstić information content (AvgIpc) is 3.02. The number of hydrogen-bond donors (Lipinski definition) is 2. The summed E-state index contributed by atoms with van der Waals surface area (Å²) in [4.78, 5) is 16.5. The number of carbonyl (C=O) groups is 1. The van der Waals surface area contributed by atoms with Crippen molar-refractivity contribution < 1.29 is 13.9 Å². The molecule has 1 aromatic carbocycles. The second-order valence-electron chi connectivity index (χ2n) is 6.12. The highest BCUT2D eigenvalue weighted by atomic mass is 16.5. The Labute approximate surface area is 141 Å². The van der Waals surface area contributed by atoms with Crippen molar-refractivity contribution in [3.8, 4) is 11.5 Å². The lowest BCUT2D eigenvalue weighted by Crippen LogP contribution is -2.47. The minimum absolute atomic E-state index is 0.0568. The zero-order chi connectivity index (χ0) is 16.9. The SMILES string of the molecule is CO[C@@H]1CCCC[C@@H]1NC(=O)Nc1cccc(-c2ncc(C)o2)c1. The van der Waals surface area contributed by atoms with Gasteiger partial charge in [-0.1, -0.05) is 18.9 Å². The number of ether oxygens (including phenoxy) is 1. The summed E-state index contributed by atoms with van der Waals surface area (Å²) in [7, 11) is 1.70. The van der Waals surface area contributed by atoms with Gasteiger partial charge in [0.05, 0.1) is 18.3 Å². The number of aryl methyl sites for hydroxylation is 1. The number of nitrogens with one attached hydrogen (secondary N) is 2. The summed E-state index contributed by atoms with van der Waals surface area (Å²) >= 11 is 0. The molecule has 1 aliphatic rings. The molecule has 0 saturated heterocycles. The molecular weight excluding hydrogens is 306 g/mol. The second-order valence-corrected chi connectivity index (χ2v) is 6.12. The quantitative estimate of drug-likeness (QED) is 0.896. The van der Waals surface area contributed by atoms with Gasteiger partial charge in [0.2, 0.25) is 5.89 Å². The van der Waals surface area contributed by atoms with Gasteiger partial charge >= 0.3 is 6.03 Å². The predicted molar refractivity (Wildman–Crippen MR) is 91.9 cm³/mol. The minimum atomic E-state index is -0.218. The highest BCUT2D eigenvalue weighted by Crippen LogP contribution is 2.23. The van der Waals surface area contributed by atoms with E-state index in [1.807, 2.05) is 31.2 Å². The van der Waals surface area contributed by atoms with Gasteiger partial charge in [0, 0.05) is 18.4 Å². The van der Waals surface area contributed by atoms with Crippen molar-refractivity contribution >= 4 is 11.7 Å².